The van der Waals surface area contributed by atoms with Crippen molar-refractivity contribution in [1.82, 2.24) is 4.90 Å². The van der Waals surface area contributed by atoms with E-state index in [0.29, 0.717) is 23.3 Å². The van der Waals surface area contributed by atoms with Crippen molar-refractivity contribution in [3.8, 4) is 11.5 Å². The van der Waals surface area contributed by atoms with Gasteiger partial charge in [-0.1, -0.05) is 13.8 Å². The molecule has 1 saturated heterocycles. The predicted octanol–water partition coefficient (Wildman–Crippen LogP) is -2.41. The highest BCUT2D eigenvalue weighted by Gasteiger charge is 2.49. The minimum atomic E-state index is -1.41. The lowest BCUT2D eigenvalue weighted by Crippen LogP contribution is -2.60. The molecule has 1 N–H and O–H groups in total. The summed E-state index contributed by atoms with van der Waals surface area (Å²) in [4.78, 5) is 2.53. The molecule has 3 rings (SSSR count). The fraction of sp³-hybridized carbons (Fsp3) is 0.714. The highest BCUT2D eigenvalue weighted by Crippen LogP contribution is 2.46. The summed E-state index contributed by atoms with van der Waals surface area (Å²) in [6, 6.07) is 4.37. The predicted molar refractivity (Wildman–Crippen MR) is 146 cm³/mol. The summed E-state index contributed by atoms with van der Waals surface area (Å²) in [7, 11) is 12.6. The van der Waals surface area contributed by atoms with Gasteiger partial charge in [-0.25, -0.2) is 0 Å². The van der Waals surface area contributed by atoms with Crippen molar-refractivity contribution in [2.24, 2.45) is 11.8 Å². The largest absolute Gasteiger partial charge is 0.502 e. The monoisotopic (exact) mass is 437 g/mol. The average Bonchev–Trinajstić information content (AvgIpc) is 2.66. The molecule has 0 spiro atoms. The van der Waals surface area contributed by atoms with Gasteiger partial charge in [-0.15, -0.1) is 0 Å². The number of aliphatic hydroxyl groups excluding tert-OH is 1. The molecule has 0 saturated carbocycles. The van der Waals surface area contributed by atoms with Crippen LogP contribution in [0.2, 0.25) is 5.21 Å². The van der Waals surface area contributed by atoms with Crippen LogP contribution in [0.25, 0.3) is 0 Å². The number of halogens is 1. The zero-order valence-corrected chi connectivity index (χ0v) is 21.6. The highest BCUT2D eigenvalue weighted by molar-refractivity contribution is 6.60. The van der Waals surface area contributed by atoms with Crippen LogP contribution in [-0.4, -0.2) is 94.3 Å². The minimum Gasteiger partial charge on any atom is -0.502 e. The van der Waals surface area contributed by atoms with Crippen LogP contribution in [-0.2, 0) is 6.42 Å². The Morgan fingerprint density at radius 3 is 2.38 bits per heavy atom. The third kappa shape index (κ3) is 4.80. The van der Waals surface area contributed by atoms with E-state index < -0.39 is 16.1 Å². The van der Waals surface area contributed by atoms with Gasteiger partial charge in [0.05, 0.1) is 13.2 Å². The molecule has 0 bridgehead atoms. The van der Waals surface area contributed by atoms with Crippen molar-refractivity contribution in [3.05, 3.63) is 23.3 Å². The van der Waals surface area contributed by atoms with Crippen molar-refractivity contribution in [1.29, 1.82) is 0 Å². The molecule has 1 aromatic carbocycles. The molecule has 0 amide bonds. The van der Waals surface area contributed by atoms with E-state index in [0.717, 1.165) is 32.4 Å². The molecule has 4 nitrogen and oxygen atoms in total. The summed E-state index contributed by atoms with van der Waals surface area (Å²) in [5.41, 5.74) is 1.05. The van der Waals surface area contributed by atoms with Crippen LogP contribution in [0.15, 0.2) is 12.1 Å². The molecule has 3 atom stereocenters. The van der Waals surface area contributed by atoms with Gasteiger partial charge in [0.15, 0.2) is 11.5 Å². The molecular weight excluding hydrogens is 398 g/mol. The molecule has 32 heavy (non-hydrogen) atoms. The standard InChI is InChI=1S/C21H38B6FNO3/c1-11(2)6-13-10-29-5-4-12-7-18(32-21(26,27)19(22,23)20(24,25)28)17(31-3)8-14(12)15(29)9-16(13)30/h7-8,11,13,15-16,30H,4-6,9-10,22-27H2,1-3H3/t13-,15-,16-/m1/s1. The van der Waals surface area contributed by atoms with E-state index >= 15 is 4.39 Å². The number of ether oxygens (including phenoxy) is 2. The maximum atomic E-state index is 15.0. The number of alkyl halides is 1. The molecule has 170 valence electrons. The zero-order valence-electron chi connectivity index (χ0n) is 21.6. The summed E-state index contributed by atoms with van der Waals surface area (Å²) in [5.74, 6) is 2.26. The Morgan fingerprint density at radius 1 is 1.16 bits per heavy atom. The summed E-state index contributed by atoms with van der Waals surface area (Å²) in [6.07, 6.45) is 2.47. The molecule has 2 aliphatic rings. The van der Waals surface area contributed by atoms with Crippen LogP contribution < -0.4 is 9.47 Å². The molecule has 0 aromatic heterocycles. The van der Waals surface area contributed by atoms with E-state index in [9.17, 15) is 5.11 Å². The van der Waals surface area contributed by atoms with Gasteiger partial charge in [0.1, 0.15) is 47.1 Å². The topological polar surface area (TPSA) is 41.9 Å². The molecule has 0 unspecified atom stereocenters. The number of fused-ring (bicyclic) bond motifs is 3. The SMILES string of the molecule is BC(B)(F)C(B)(B)C(B)(B)Oc1cc2c(cc1OC)[C@H]1C[C@@H](O)[C@H](CC(C)C)CN1CC2. The number of hydrogen-bond donors (Lipinski definition) is 1. The molecule has 2 aliphatic heterocycles. The van der Waals surface area contributed by atoms with Crippen molar-refractivity contribution in [2.45, 2.75) is 61.3 Å². The number of aliphatic hydroxyl groups is 1. The molecule has 1 aromatic rings. The Morgan fingerprint density at radius 2 is 1.81 bits per heavy atom. The first-order chi connectivity index (χ1) is 14.7. The number of rotatable bonds is 7. The number of methoxy groups -OCH3 is 1. The summed E-state index contributed by atoms with van der Waals surface area (Å²) in [6.45, 7) is 6.38. The third-order valence-corrected chi connectivity index (χ3v) is 8.50. The number of piperidine rings is 1. The van der Waals surface area contributed by atoms with Crippen LogP contribution in [0.5, 0.6) is 11.5 Å². The normalized spacial score (nSPS) is 24.6. The summed E-state index contributed by atoms with van der Waals surface area (Å²) >= 11 is 0. The van der Waals surface area contributed by atoms with Gasteiger partial charge in [-0.2, -0.15) is 0 Å². The Kier molecular flexibility index (Phi) is 7.24. The second-order valence-electron chi connectivity index (χ2n) is 11.9. The summed E-state index contributed by atoms with van der Waals surface area (Å²) in [5, 5.41) is 9.39. The second-order valence-corrected chi connectivity index (χ2v) is 11.9. The van der Waals surface area contributed by atoms with Crippen LogP contribution in [0.4, 0.5) is 4.39 Å². The summed E-state index contributed by atoms with van der Waals surface area (Å²) < 4.78 is 27.2. The number of hydrogen-bond acceptors (Lipinski definition) is 4. The zero-order chi connectivity index (χ0) is 24.1. The van der Waals surface area contributed by atoms with Crippen molar-refractivity contribution in [3.63, 3.8) is 0 Å². The fourth-order valence-corrected chi connectivity index (χ4v) is 5.29. The third-order valence-electron chi connectivity index (χ3n) is 8.50. The van der Waals surface area contributed by atoms with Crippen LogP contribution in [0.3, 0.4) is 0 Å². The van der Waals surface area contributed by atoms with Gasteiger partial charge in [0.25, 0.3) is 0 Å². The van der Waals surface area contributed by atoms with E-state index in [1.807, 2.05) is 31.4 Å². The molecular formula is C21H38B6FNO3. The van der Waals surface area contributed by atoms with Crippen LogP contribution in [0.1, 0.15) is 43.9 Å². The van der Waals surface area contributed by atoms with Gasteiger partial charge in [0.2, 0.25) is 0 Å². The van der Waals surface area contributed by atoms with E-state index in [1.165, 1.54) is 11.1 Å². The van der Waals surface area contributed by atoms with Crippen molar-refractivity contribution in [2.75, 3.05) is 20.2 Å². The lowest BCUT2D eigenvalue weighted by molar-refractivity contribution is -0.0192. The second kappa shape index (κ2) is 9.02. The van der Waals surface area contributed by atoms with Gasteiger partial charge in [-0.3, -0.25) is 9.29 Å². The minimum absolute atomic E-state index is 0.203. The quantitative estimate of drug-likeness (QED) is 0.484. The molecule has 2 heterocycles. The Hall–Kier alpha value is -0.940. The van der Waals surface area contributed by atoms with Gasteiger partial charge >= 0.3 is 0 Å². The van der Waals surface area contributed by atoms with E-state index in [1.54, 1.807) is 22.8 Å². The Bertz CT molecular complexity index is 832. The smallest absolute Gasteiger partial charge is 0.161 e. The van der Waals surface area contributed by atoms with E-state index in [2.05, 4.69) is 30.9 Å². The van der Waals surface area contributed by atoms with Crippen molar-refractivity contribution >= 4 is 47.1 Å². The molecule has 11 heteroatoms. The first-order valence-electron chi connectivity index (χ1n) is 12.2. The van der Waals surface area contributed by atoms with Gasteiger partial charge in [0, 0.05) is 30.0 Å². The maximum Gasteiger partial charge on any atom is 0.161 e. The Balaban J connectivity index is 1.90. The first-order valence-corrected chi connectivity index (χ1v) is 12.2. The van der Waals surface area contributed by atoms with Crippen LogP contribution in [0, 0.1) is 11.8 Å². The average molecular weight is 436 g/mol. The maximum absolute atomic E-state index is 15.0. The highest BCUT2D eigenvalue weighted by atomic mass is 19.1. The molecule has 1 fully saturated rings. The van der Waals surface area contributed by atoms with E-state index in [-0.39, 0.29) is 12.1 Å². The van der Waals surface area contributed by atoms with Crippen molar-refractivity contribution < 1.29 is 19.0 Å². The Labute approximate surface area is 199 Å². The van der Waals surface area contributed by atoms with Gasteiger partial charge in [-0.05, 0) is 59.6 Å². The number of nitrogens with zero attached hydrogens (tertiary/aromatic N) is 1. The van der Waals surface area contributed by atoms with Gasteiger partial charge < -0.3 is 14.6 Å². The van der Waals surface area contributed by atoms with E-state index in [4.69, 9.17) is 9.47 Å². The first kappa shape index (κ1) is 25.7. The lowest BCUT2D eigenvalue weighted by atomic mass is 9.25. The molecule has 0 aliphatic carbocycles. The lowest BCUT2D eigenvalue weighted by Gasteiger charge is -2.49. The fourth-order valence-electron chi connectivity index (χ4n) is 5.29. The number of benzene rings is 1. The molecule has 0 radical (unpaired) electrons. The van der Waals surface area contributed by atoms with Crippen LogP contribution >= 0.6 is 0 Å².